The van der Waals surface area contributed by atoms with Gasteiger partial charge in [-0.05, 0) is 32.2 Å². The van der Waals surface area contributed by atoms with Crippen LogP contribution in [-0.4, -0.2) is 17.6 Å². The number of aryl methyl sites for hydroxylation is 1. The van der Waals surface area contributed by atoms with Crippen molar-refractivity contribution in [2.45, 2.75) is 51.5 Å². The molecule has 1 aliphatic rings. The summed E-state index contributed by atoms with van der Waals surface area (Å²) in [4.78, 5) is 5.76. The van der Waals surface area contributed by atoms with Crippen molar-refractivity contribution in [3.05, 3.63) is 10.6 Å². The predicted molar refractivity (Wildman–Crippen MR) is 69.9 cm³/mol. The molecule has 1 aliphatic carbocycles. The van der Waals surface area contributed by atoms with E-state index in [2.05, 4.69) is 17.2 Å². The number of nitrogens with one attached hydrogen (secondary N) is 1. The number of aromatic nitrogens is 1. The largest absolute Gasteiger partial charge is 0.375 e. The lowest BCUT2D eigenvalue weighted by Crippen LogP contribution is -2.34. The maximum atomic E-state index is 5.73. The molecule has 3 N–H and O–H groups in total. The van der Waals surface area contributed by atoms with Crippen LogP contribution >= 0.6 is 11.3 Å². The van der Waals surface area contributed by atoms with Crippen molar-refractivity contribution >= 4 is 16.5 Å². The second-order valence-corrected chi connectivity index (χ2v) is 5.64. The summed E-state index contributed by atoms with van der Waals surface area (Å²) in [6.45, 7) is 3.40. The average molecular weight is 239 g/mol. The van der Waals surface area contributed by atoms with Gasteiger partial charge in [0.05, 0.1) is 5.69 Å². The molecule has 3 nitrogen and oxygen atoms in total. The number of unbranched alkanes of at least 4 members (excludes halogenated alkanes) is 2. The van der Waals surface area contributed by atoms with Gasteiger partial charge in [-0.25, -0.2) is 4.98 Å². The Kier molecular flexibility index (Phi) is 4.18. The van der Waals surface area contributed by atoms with E-state index in [1.165, 1.54) is 36.3 Å². The molecule has 0 saturated heterocycles. The van der Waals surface area contributed by atoms with E-state index in [9.17, 15) is 0 Å². The molecule has 2 rings (SSSR count). The minimum atomic E-state index is 0.643. The van der Waals surface area contributed by atoms with Gasteiger partial charge >= 0.3 is 0 Å². The number of hydrogen-bond donors (Lipinski definition) is 2. The number of anilines is 1. The lowest BCUT2D eigenvalue weighted by atomic mass is 9.97. The molecule has 0 amide bonds. The quantitative estimate of drug-likeness (QED) is 0.776. The Bertz CT molecular complexity index is 335. The van der Waals surface area contributed by atoms with Gasteiger partial charge < -0.3 is 11.1 Å². The zero-order chi connectivity index (χ0) is 11.4. The molecule has 90 valence electrons. The van der Waals surface area contributed by atoms with Gasteiger partial charge in [0.1, 0.15) is 0 Å². The van der Waals surface area contributed by atoms with Crippen LogP contribution in [0.1, 0.15) is 43.2 Å². The Morgan fingerprint density at radius 2 is 2.38 bits per heavy atom. The Morgan fingerprint density at radius 1 is 1.50 bits per heavy atom. The van der Waals surface area contributed by atoms with E-state index in [1.54, 1.807) is 11.3 Å². The van der Waals surface area contributed by atoms with E-state index in [0.717, 1.165) is 24.5 Å². The molecule has 4 heteroatoms. The first kappa shape index (κ1) is 11.9. The Balaban J connectivity index is 1.79. The highest BCUT2D eigenvalue weighted by Gasteiger charge is 2.21. The van der Waals surface area contributed by atoms with Crippen LogP contribution in [0.5, 0.6) is 0 Å². The normalized spacial score (nSPS) is 19.7. The summed E-state index contributed by atoms with van der Waals surface area (Å²) >= 11 is 1.66. The minimum absolute atomic E-state index is 0.643. The summed E-state index contributed by atoms with van der Waals surface area (Å²) in [5.74, 6) is 0. The molecule has 0 aromatic carbocycles. The average Bonchev–Trinajstić information content (AvgIpc) is 2.64. The van der Waals surface area contributed by atoms with Gasteiger partial charge in [0.15, 0.2) is 5.13 Å². The van der Waals surface area contributed by atoms with Gasteiger partial charge in [-0.2, -0.15) is 0 Å². The third-order valence-electron chi connectivity index (χ3n) is 3.17. The lowest BCUT2D eigenvalue weighted by molar-refractivity contribution is 0.450. The maximum absolute atomic E-state index is 5.73. The molecule has 0 radical (unpaired) electrons. The first-order valence-electron chi connectivity index (χ1n) is 6.27. The fourth-order valence-electron chi connectivity index (χ4n) is 2.25. The van der Waals surface area contributed by atoms with Crippen LogP contribution < -0.4 is 11.1 Å². The Labute approximate surface area is 101 Å². The Hall–Kier alpha value is -0.610. The molecule has 0 aliphatic heterocycles. The first-order chi connectivity index (χ1) is 7.79. The standard InChI is InChI=1S/C12H21N3S/c1-2-3-4-7-14-9-5-6-10-11(8-9)16-12(13)15-10/h9,14H,2-8H2,1H3,(H2,13,15). The highest BCUT2D eigenvalue weighted by atomic mass is 32.1. The highest BCUT2D eigenvalue weighted by molar-refractivity contribution is 7.15. The molecule has 0 bridgehead atoms. The number of nitrogens with two attached hydrogens (primary N) is 1. The fourth-order valence-corrected chi connectivity index (χ4v) is 3.21. The van der Waals surface area contributed by atoms with Gasteiger partial charge in [0.2, 0.25) is 0 Å². The second kappa shape index (κ2) is 5.64. The number of thiazole rings is 1. The number of fused-ring (bicyclic) bond motifs is 1. The number of rotatable bonds is 5. The van der Waals surface area contributed by atoms with Gasteiger partial charge in [0, 0.05) is 10.9 Å². The smallest absolute Gasteiger partial charge is 0.180 e. The molecular weight excluding hydrogens is 218 g/mol. The zero-order valence-electron chi connectivity index (χ0n) is 9.96. The zero-order valence-corrected chi connectivity index (χ0v) is 10.8. The van der Waals surface area contributed by atoms with Crippen molar-refractivity contribution in [2.75, 3.05) is 12.3 Å². The number of hydrogen-bond acceptors (Lipinski definition) is 4. The van der Waals surface area contributed by atoms with Crippen LogP contribution in [0.2, 0.25) is 0 Å². The van der Waals surface area contributed by atoms with Crippen molar-refractivity contribution < 1.29 is 0 Å². The summed E-state index contributed by atoms with van der Waals surface area (Å²) in [5, 5.41) is 4.38. The van der Waals surface area contributed by atoms with E-state index in [4.69, 9.17) is 5.73 Å². The number of nitrogens with zero attached hydrogens (tertiary/aromatic N) is 1. The van der Waals surface area contributed by atoms with E-state index in [-0.39, 0.29) is 0 Å². The van der Waals surface area contributed by atoms with E-state index < -0.39 is 0 Å². The molecule has 0 fully saturated rings. The predicted octanol–water partition coefficient (Wildman–Crippen LogP) is 2.36. The Morgan fingerprint density at radius 3 is 3.19 bits per heavy atom. The first-order valence-corrected chi connectivity index (χ1v) is 7.08. The van der Waals surface area contributed by atoms with E-state index in [0.29, 0.717) is 6.04 Å². The van der Waals surface area contributed by atoms with Crippen LogP contribution in [0, 0.1) is 0 Å². The lowest BCUT2D eigenvalue weighted by Gasteiger charge is -2.22. The van der Waals surface area contributed by atoms with E-state index in [1.807, 2.05) is 0 Å². The highest BCUT2D eigenvalue weighted by Crippen LogP contribution is 2.27. The molecule has 1 aromatic rings. The van der Waals surface area contributed by atoms with Crippen LogP contribution in [0.4, 0.5) is 5.13 Å². The summed E-state index contributed by atoms with van der Waals surface area (Å²) < 4.78 is 0. The van der Waals surface area contributed by atoms with Crippen LogP contribution in [0.3, 0.4) is 0 Å². The number of nitrogen functional groups attached to an aromatic ring is 1. The van der Waals surface area contributed by atoms with Gasteiger partial charge in [-0.3, -0.25) is 0 Å². The molecular formula is C12H21N3S. The molecule has 1 heterocycles. The van der Waals surface area contributed by atoms with Crippen LogP contribution in [0.15, 0.2) is 0 Å². The van der Waals surface area contributed by atoms with Crippen molar-refractivity contribution in [1.82, 2.24) is 10.3 Å². The van der Waals surface area contributed by atoms with Crippen molar-refractivity contribution in [1.29, 1.82) is 0 Å². The molecule has 0 saturated carbocycles. The van der Waals surface area contributed by atoms with Gasteiger partial charge in [-0.1, -0.05) is 19.8 Å². The molecule has 1 atom stereocenters. The van der Waals surface area contributed by atoms with Crippen molar-refractivity contribution in [3.8, 4) is 0 Å². The fraction of sp³-hybridized carbons (Fsp3) is 0.750. The maximum Gasteiger partial charge on any atom is 0.180 e. The van der Waals surface area contributed by atoms with Crippen LogP contribution in [0.25, 0.3) is 0 Å². The van der Waals surface area contributed by atoms with E-state index >= 15 is 0 Å². The summed E-state index contributed by atoms with van der Waals surface area (Å²) in [6.07, 6.45) is 7.35. The third-order valence-corrected chi connectivity index (χ3v) is 4.12. The van der Waals surface area contributed by atoms with Gasteiger partial charge in [-0.15, -0.1) is 11.3 Å². The van der Waals surface area contributed by atoms with Crippen molar-refractivity contribution in [2.24, 2.45) is 0 Å². The summed E-state index contributed by atoms with van der Waals surface area (Å²) in [5.41, 5.74) is 6.98. The van der Waals surface area contributed by atoms with Gasteiger partial charge in [0.25, 0.3) is 0 Å². The SMILES string of the molecule is CCCCCNC1CCc2nc(N)sc2C1. The molecule has 1 aromatic heterocycles. The summed E-state index contributed by atoms with van der Waals surface area (Å²) in [7, 11) is 0. The second-order valence-electron chi connectivity index (χ2n) is 4.52. The van der Waals surface area contributed by atoms with Crippen molar-refractivity contribution in [3.63, 3.8) is 0 Å². The minimum Gasteiger partial charge on any atom is -0.375 e. The monoisotopic (exact) mass is 239 g/mol. The molecule has 1 unspecified atom stereocenters. The summed E-state index contributed by atoms with van der Waals surface area (Å²) in [6, 6.07) is 0.643. The molecule has 0 spiro atoms. The topological polar surface area (TPSA) is 50.9 Å². The third kappa shape index (κ3) is 2.95. The van der Waals surface area contributed by atoms with Crippen LogP contribution in [-0.2, 0) is 12.8 Å². The molecule has 16 heavy (non-hydrogen) atoms.